The number of nitrogens with two attached hydrogens (primary N) is 1. The number of hydrogen-bond acceptors (Lipinski definition) is 4. The number of aromatic nitrogens is 3. The highest BCUT2D eigenvalue weighted by Gasteiger charge is 2.31. The van der Waals surface area contributed by atoms with Gasteiger partial charge in [0.05, 0.1) is 5.39 Å². The summed E-state index contributed by atoms with van der Waals surface area (Å²) in [6, 6.07) is 6.67. The van der Waals surface area contributed by atoms with Gasteiger partial charge in [0.1, 0.15) is 17.8 Å². The number of carbonyl (C=O) groups is 1. The van der Waals surface area contributed by atoms with Gasteiger partial charge >= 0.3 is 0 Å². The average Bonchev–Trinajstić information content (AvgIpc) is 3.24. The van der Waals surface area contributed by atoms with Crippen LogP contribution in [0.25, 0.3) is 22.2 Å². The number of carbonyl (C=O) groups excluding carboxylic acids is 1. The second-order valence-corrected chi connectivity index (χ2v) is 8.29. The molecule has 2 N–H and O–H groups in total. The summed E-state index contributed by atoms with van der Waals surface area (Å²) >= 11 is 0. The lowest BCUT2D eigenvalue weighted by atomic mass is 10.0. The topological polar surface area (TPSA) is 77.0 Å². The van der Waals surface area contributed by atoms with E-state index >= 15 is 0 Å². The Balaban J connectivity index is 1.61. The first-order valence-corrected chi connectivity index (χ1v) is 10.1. The molecule has 6 nitrogen and oxygen atoms in total. The maximum Gasteiger partial charge on any atom is 0.227 e. The average molecular weight is 375 g/mol. The SMILES string of the molecule is CC(C)n1cc(-c2ccc3c(c2)N(C(=O)CC2CC2)CC3)c2c(N)ncnc21. The molecule has 6 heteroatoms. The fourth-order valence-electron chi connectivity index (χ4n) is 4.21. The maximum absolute atomic E-state index is 12.7. The van der Waals surface area contributed by atoms with Gasteiger partial charge < -0.3 is 15.2 Å². The molecule has 144 valence electrons. The van der Waals surface area contributed by atoms with Gasteiger partial charge in [0.25, 0.3) is 0 Å². The molecule has 2 aromatic heterocycles. The lowest BCUT2D eigenvalue weighted by Crippen LogP contribution is -2.29. The molecule has 0 radical (unpaired) electrons. The van der Waals surface area contributed by atoms with E-state index in [-0.39, 0.29) is 11.9 Å². The summed E-state index contributed by atoms with van der Waals surface area (Å²) in [6.45, 7) is 5.04. The molecule has 1 aliphatic carbocycles. The van der Waals surface area contributed by atoms with Gasteiger partial charge in [-0.1, -0.05) is 12.1 Å². The Morgan fingerprint density at radius 2 is 2.11 bits per heavy atom. The zero-order chi connectivity index (χ0) is 19.4. The molecule has 28 heavy (non-hydrogen) atoms. The molecule has 3 heterocycles. The molecular formula is C22H25N5O. The van der Waals surface area contributed by atoms with E-state index in [1.807, 2.05) is 4.90 Å². The highest BCUT2D eigenvalue weighted by atomic mass is 16.2. The maximum atomic E-state index is 12.7. The van der Waals surface area contributed by atoms with Crippen LogP contribution in [0.5, 0.6) is 0 Å². The number of amides is 1. The molecule has 0 unspecified atom stereocenters. The van der Waals surface area contributed by atoms with Crippen molar-refractivity contribution in [2.75, 3.05) is 17.2 Å². The van der Waals surface area contributed by atoms with Crippen LogP contribution in [0, 0.1) is 5.92 Å². The third kappa shape index (κ3) is 2.75. The molecule has 3 aromatic rings. The highest BCUT2D eigenvalue weighted by molar-refractivity contribution is 6.02. The van der Waals surface area contributed by atoms with Gasteiger partial charge in [-0.2, -0.15) is 0 Å². The van der Waals surface area contributed by atoms with Crippen LogP contribution in [0.2, 0.25) is 0 Å². The summed E-state index contributed by atoms with van der Waals surface area (Å²) in [5.74, 6) is 1.34. The summed E-state index contributed by atoms with van der Waals surface area (Å²) in [5, 5.41) is 0.880. The van der Waals surface area contributed by atoms with E-state index in [2.05, 4.69) is 52.8 Å². The van der Waals surface area contributed by atoms with Crippen LogP contribution in [-0.2, 0) is 11.2 Å². The predicted octanol–water partition coefficient (Wildman–Crippen LogP) is 3.95. The lowest BCUT2D eigenvalue weighted by Gasteiger charge is -2.18. The Morgan fingerprint density at radius 3 is 2.86 bits per heavy atom. The van der Waals surface area contributed by atoms with Gasteiger partial charge in [-0.3, -0.25) is 4.79 Å². The molecule has 1 saturated carbocycles. The molecule has 0 bridgehead atoms. The van der Waals surface area contributed by atoms with Crippen LogP contribution in [0.1, 0.15) is 44.7 Å². The van der Waals surface area contributed by atoms with Crippen LogP contribution < -0.4 is 10.6 Å². The monoisotopic (exact) mass is 375 g/mol. The molecule has 1 aromatic carbocycles. The van der Waals surface area contributed by atoms with Gasteiger partial charge in [-0.25, -0.2) is 9.97 Å². The van der Waals surface area contributed by atoms with Gasteiger partial charge in [0, 0.05) is 36.5 Å². The minimum atomic E-state index is 0.255. The molecule has 1 amide bonds. The van der Waals surface area contributed by atoms with Crippen molar-refractivity contribution >= 4 is 28.4 Å². The quantitative estimate of drug-likeness (QED) is 0.749. The Bertz CT molecular complexity index is 1080. The summed E-state index contributed by atoms with van der Waals surface area (Å²) < 4.78 is 2.13. The zero-order valence-corrected chi connectivity index (χ0v) is 16.4. The van der Waals surface area contributed by atoms with Gasteiger partial charge in [0.2, 0.25) is 5.91 Å². The van der Waals surface area contributed by atoms with Gasteiger partial charge in [-0.15, -0.1) is 0 Å². The van der Waals surface area contributed by atoms with Crippen molar-refractivity contribution in [2.24, 2.45) is 5.92 Å². The highest BCUT2D eigenvalue weighted by Crippen LogP contribution is 2.39. The normalized spacial score (nSPS) is 16.2. The molecule has 5 rings (SSSR count). The summed E-state index contributed by atoms with van der Waals surface area (Å²) in [7, 11) is 0. The fraction of sp³-hybridized carbons (Fsp3) is 0.409. The van der Waals surface area contributed by atoms with Crippen molar-refractivity contribution in [1.29, 1.82) is 0 Å². The Labute approximate surface area is 164 Å². The first-order chi connectivity index (χ1) is 13.5. The van der Waals surface area contributed by atoms with E-state index in [9.17, 15) is 4.79 Å². The third-order valence-electron chi connectivity index (χ3n) is 5.95. The number of fused-ring (bicyclic) bond motifs is 2. The summed E-state index contributed by atoms with van der Waals surface area (Å²) in [4.78, 5) is 23.4. The van der Waals surface area contributed by atoms with Crippen LogP contribution in [0.3, 0.4) is 0 Å². The van der Waals surface area contributed by atoms with Crippen LogP contribution in [0.15, 0.2) is 30.7 Å². The molecular weight excluding hydrogens is 350 g/mol. The summed E-state index contributed by atoms with van der Waals surface area (Å²) in [6.07, 6.45) is 7.61. The molecule has 1 fully saturated rings. The number of benzene rings is 1. The standard InChI is InChI=1S/C22H25N5O/c1-13(2)27-11-17(20-21(23)24-12-25-22(20)27)16-6-5-15-7-8-26(18(15)10-16)19(28)9-14-3-4-14/h5-6,10-14H,3-4,7-9H2,1-2H3,(H2,23,24,25). The van der Waals surface area contributed by atoms with Crippen molar-refractivity contribution < 1.29 is 4.79 Å². The smallest absolute Gasteiger partial charge is 0.227 e. The lowest BCUT2D eigenvalue weighted by molar-refractivity contribution is -0.118. The Kier molecular flexibility index (Phi) is 3.89. The largest absolute Gasteiger partial charge is 0.383 e. The molecule has 2 aliphatic rings. The number of nitrogens with zero attached hydrogens (tertiary/aromatic N) is 4. The number of rotatable bonds is 4. The van der Waals surface area contributed by atoms with E-state index in [4.69, 9.17) is 5.73 Å². The molecule has 1 aliphatic heterocycles. The van der Waals surface area contributed by atoms with Crippen molar-refractivity contribution in [3.8, 4) is 11.1 Å². The van der Waals surface area contributed by atoms with Crippen molar-refractivity contribution in [2.45, 2.75) is 45.6 Å². The van der Waals surface area contributed by atoms with Crippen molar-refractivity contribution in [3.05, 3.63) is 36.3 Å². The third-order valence-corrected chi connectivity index (χ3v) is 5.95. The van der Waals surface area contributed by atoms with E-state index in [1.54, 1.807) is 0 Å². The molecule has 0 spiro atoms. The van der Waals surface area contributed by atoms with Crippen LogP contribution in [0.4, 0.5) is 11.5 Å². The van der Waals surface area contributed by atoms with Crippen molar-refractivity contribution in [1.82, 2.24) is 14.5 Å². The van der Waals surface area contributed by atoms with E-state index in [0.29, 0.717) is 18.2 Å². The van der Waals surface area contributed by atoms with E-state index in [1.165, 1.54) is 24.7 Å². The first kappa shape index (κ1) is 17.2. The second kappa shape index (κ2) is 6.33. The second-order valence-electron chi connectivity index (χ2n) is 8.29. The van der Waals surface area contributed by atoms with Gasteiger partial charge in [-0.05, 0) is 56.2 Å². The molecule has 0 saturated heterocycles. The van der Waals surface area contributed by atoms with Crippen LogP contribution in [-0.4, -0.2) is 27.0 Å². The van der Waals surface area contributed by atoms with Gasteiger partial charge in [0.15, 0.2) is 0 Å². The van der Waals surface area contributed by atoms with E-state index < -0.39 is 0 Å². The Morgan fingerprint density at radius 1 is 1.29 bits per heavy atom. The first-order valence-electron chi connectivity index (χ1n) is 10.1. The van der Waals surface area contributed by atoms with Crippen LogP contribution >= 0.6 is 0 Å². The number of hydrogen-bond donors (Lipinski definition) is 1. The Hall–Kier alpha value is -2.89. The minimum absolute atomic E-state index is 0.255. The fourth-order valence-corrected chi connectivity index (χ4v) is 4.21. The zero-order valence-electron chi connectivity index (χ0n) is 16.4. The van der Waals surface area contributed by atoms with Crippen molar-refractivity contribution in [3.63, 3.8) is 0 Å². The molecule has 0 atom stereocenters. The predicted molar refractivity (Wildman–Crippen MR) is 111 cm³/mol. The number of nitrogen functional groups attached to an aromatic ring is 1. The number of anilines is 2. The summed E-state index contributed by atoms with van der Waals surface area (Å²) in [5.41, 5.74) is 11.4. The van der Waals surface area contributed by atoms with E-state index in [0.717, 1.165) is 40.8 Å². The minimum Gasteiger partial charge on any atom is -0.383 e.